The lowest BCUT2D eigenvalue weighted by Crippen LogP contribution is -2.37. The monoisotopic (exact) mass is 467 g/mol. The molecule has 1 N–H and O–H groups in total. The number of halogens is 1. The normalized spacial score (nSPS) is 16.8. The van der Waals surface area contributed by atoms with E-state index < -0.39 is 11.9 Å². The summed E-state index contributed by atoms with van der Waals surface area (Å²) in [5.41, 5.74) is 2.63. The molecule has 1 saturated heterocycles. The fourth-order valence-electron chi connectivity index (χ4n) is 4.33. The van der Waals surface area contributed by atoms with Crippen molar-refractivity contribution in [1.82, 2.24) is 14.7 Å². The van der Waals surface area contributed by atoms with Gasteiger partial charge in [0.25, 0.3) is 0 Å². The summed E-state index contributed by atoms with van der Waals surface area (Å²) in [7, 11) is 0. The SMILES string of the molecule is CCc1nn(-c2ccccc2)c(Oc2ccccc2F)c1CN(CC(O)CC)CC1CCCO1. The first-order chi connectivity index (χ1) is 16.6. The highest BCUT2D eigenvalue weighted by Gasteiger charge is 2.26. The third-order valence-electron chi connectivity index (χ3n) is 6.21. The highest BCUT2D eigenvalue weighted by molar-refractivity contribution is 5.44. The number of ether oxygens (including phenoxy) is 2. The minimum Gasteiger partial charge on any atom is -0.435 e. The van der Waals surface area contributed by atoms with Crippen LogP contribution in [0.5, 0.6) is 11.6 Å². The van der Waals surface area contributed by atoms with E-state index in [0.29, 0.717) is 31.8 Å². The lowest BCUT2D eigenvalue weighted by Gasteiger charge is -2.27. The van der Waals surface area contributed by atoms with Gasteiger partial charge in [-0.25, -0.2) is 9.07 Å². The Hall–Kier alpha value is -2.74. The molecule has 2 unspecified atom stereocenters. The van der Waals surface area contributed by atoms with Crippen LogP contribution in [0.4, 0.5) is 4.39 Å². The van der Waals surface area contributed by atoms with Crippen molar-refractivity contribution >= 4 is 0 Å². The van der Waals surface area contributed by atoms with Gasteiger partial charge in [-0.05, 0) is 49.9 Å². The molecule has 3 aromatic rings. The van der Waals surface area contributed by atoms with Crippen LogP contribution in [0.1, 0.15) is 44.4 Å². The molecule has 0 amide bonds. The van der Waals surface area contributed by atoms with Gasteiger partial charge in [0.2, 0.25) is 5.88 Å². The maximum absolute atomic E-state index is 14.6. The summed E-state index contributed by atoms with van der Waals surface area (Å²) in [6.45, 7) is 6.58. The topological polar surface area (TPSA) is 59.8 Å². The Morgan fingerprint density at radius 2 is 1.94 bits per heavy atom. The molecule has 0 aliphatic carbocycles. The van der Waals surface area contributed by atoms with Crippen molar-refractivity contribution in [2.75, 3.05) is 19.7 Å². The molecule has 2 atom stereocenters. The number of aryl methyl sites for hydroxylation is 1. The zero-order valence-electron chi connectivity index (χ0n) is 20.0. The van der Waals surface area contributed by atoms with Crippen molar-refractivity contribution in [3.05, 3.63) is 71.7 Å². The zero-order valence-corrected chi connectivity index (χ0v) is 20.0. The van der Waals surface area contributed by atoms with Crippen LogP contribution in [-0.2, 0) is 17.7 Å². The van der Waals surface area contributed by atoms with E-state index in [0.717, 1.165) is 42.9 Å². The lowest BCUT2D eigenvalue weighted by molar-refractivity contribution is 0.0451. The van der Waals surface area contributed by atoms with E-state index in [-0.39, 0.29) is 11.9 Å². The Bertz CT molecular complexity index is 1050. The highest BCUT2D eigenvalue weighted by Crippen LogP contribution is 2.33. The number of para-hydroxylation sites is 2. The van der Waals surface area contributed by atoms with Crippen molar-refractivity contribution in [2.24, 2.45) is 0 Å². The van der Waals surface area contributed by atoms with Crippen LogP contribution in [0.3, 0.4) is 0 Å². The van der Waals surface area contributed by atoms with Gasteiger partial charge in [-0.3, -0.25) is 4.90 Å². The number of hydrogen-bond acceptors (Lipinski definition) is 5. The predicted molar refractivity (Wildman–Crippen MR) is 130 cm³/mol. The van der Waals surface area contributed by atoms with Crippen molar-refractivity contribution in [3.8, 4) is 17.3 Å². The summed E-state index contributed by atoms with van der Waals surface area (Å²) in [6.07, 6.45) is 3.15. The van der Waals surface area contributed by atoms with E-state index in [4.69, 9.17) is 14.6 Å². The van der Waals surface area contributed by atoms with Gasteiger partial charge in [0.1, 0.15) is 0 Å². The number of hydrogen-bond donors (Lipinski definition) is 1. The van der Waals surface area contributed by atoms with Crippen LogP contribution >= 0.6 is 0 Å². The van der Waals surface area contributed by atoms with E-state index in [1.807, 2.05) is 37.3 Å². The highest BCUT2D eigenvalue weighted by atomic mass is 19.1. The van der Waals surface area contributed by atoms with Crippen LogP contribution in [0, 0.1) is 5.82 Å². The molecule has 4 rings (SSSR count). The first-order valence-corrected chi connectivity index (χ1v) is 12.2. The number of aliphatic hydroxyl groups is 1. The third kappa shape index (κ3) is 5.84. The van der Waals surface area contributed by atoms with E-state index in [1.54, 1.807) is 22.9 Å². The Kier molecular flexibility index (Phi) is 8.32. The van der Waals surface area contributed by atoms with Crippen molar-refractivity contribution in [2.45, 2.75) is 58.3 Å². The number of nitrogens with zero attached hydrogens (tertiary/aromatic N) is 3. The number of aromatic nitrogens is 2. The molecule has 1 fully saturated rings. The van der Waals surface area contributed by atoms with Crippen LogP contribution in [-0.4, -0.2) is 51.7 Å². The van der Waals surface area contributed by atoms with Gasteiger partial charge >= 0.3 is 0 Å². The minimum atomic E-state index is -0.438. The lowest BCUT2D eigenvalue weighted by atomic mass is 10.1. The van der Waals surface area contributed by atoms with Gasteiger partial charge in [-0.2, -0.15) is 5.10 Å². The molecule has 0 saturated carbocycles. The number of rotatable bonds is 11. The Balaban J connectivity index is 1.74. The van der Waals surface area contributed by atoms with Gasteiger partial charge in [0.05, 0.1) is 29.2 Å². The average Bonchev–Trinajstić information content (AvgIpc) is 3.49. The molecule has 1 aromatic heterocycles. The van der Waals surface area contributed by atoms with Crippen molar-refractivity contribution in [1.29, 1.82) is 0 Å². The molecule has 6 nitrogen and oxygen atoms in total. The molecule has 34 heavy (non-hydrogen) atoms. The third-order valence-corrected chi connectivity index (χ3v) is 6.21. The smallest absolute Gasteiger partial charge is 0.227 e. The molecule has 182 valence electrons. The fourth-order valence-corrected chi connectivity index (χ4v) is 4.33. The summed E-state index contributed by atoms with van der Waals surface area (Å²) in [5.74, 6) is 0.226. The van der Waals surface area contributed by atoms with Gasteiger partial charge < -0.3 is 14.6 Å². The summed E-state index contributed by atoms with van der Waals surface area (Å²) in [6, 6.07) is 16.1. The summed E-state index contributed by atoms with van der Waals surface area (Å²) < 4.78 is 28.4. The summed E-state index contributed by atoms with van der Waals surface area (Å²) >= 11 is 0. The molecule has 1 aliphatic rings. The second-order valence-corrected chi connectivity index (χ2v) is 8.75. The van der Waals surface area contributed by atoms with Gasteiger partial charge in [0.15, 0.2) is 11.6 Å². The Labute approximate surface area is 200 Å². The maximum Gasteiger partial charge on any atom is 0.227 e. The largest absolute Gasteiger partial charge is 0.435 e. The van der Waals surface area contributed by atoms with Gasteiger partial charge in [-0.1, -0.05) is 44.2 Å². The van der Waals surface area contributed by atoms with Crippen molar-refractivity contribution in [3.63, 3.8) is 0 Å². The van der Waals surface area contributed by atoms with Crippen molar-refractivity contribution < 1.29 is 19.0 Å². The second kappa shape index (κ2) is 11.6. The Morgan fingerprint density at radius 3 is 2.62 bits per heavy atom. The molecule has 0 radical (unpaired) electrons. The van der Waals surface area contributed by atoms with E-state index >= 15 is 0 Å². The molecule has 2 heterocycles. The minimum absolute atomic E-state index is 0.147. The standard InChI is InChI=1S/C27H34FN3O3/c1-3-21(32)17-30(18-22-13-10-16-33-22)19-23-25(4-2)29-31(20-11-6-5-7-12-20)27(23)34-26-15-9-8-14-24(26)28/h5-9,11-12,14-15,21-22,32H,3-4,10,13,16-19H2,1-2H3. The van der Waals surface area contributed by atoms with Gasteiger partial charge in [-0.15, -0.1) is 0 Å². The second-order valence-electron chi connectivity index (χ2n) is 8.75. The maximum atomic E-state index is 14.6. The van der Waals surface area contributed by atoms with E-state index in [2.05, 4.69) is 11.8 Å². The molecular weight excluding hydrogens is 433 g/mol. The van der Waals surface area contributed by atoms with Crippen LogP contribution in [0.15, 0.2) is 54.6 Å². The molecule has 1 aliphatic heterocycles. The van der Waals surface area contributed by atoms with E-state index in [9.17, 15) is 9.50 Å². The first kappa shape index (κ1) is 24.4. The van der Waals surface area contributed by atoms with Gasteiger partial charge in [0, 0.05) is 26.2 Å². The molecular formula is C27H34FN3O3. The number of benzene rings is 2. The number of aliphatic hydroxyl groups excluding tert-OH is 1. The molecule has 0 spiro atoms. The first-order valence-electron chi connectivity index (χ1n) is 12.2. The summed E-state index contributed by atoms with van der Waals surface area (Å²) in [5, 5.41) is 15.3. The Morgan fingerprint density at radius 1 is 1.18 bits per heavy atom. The van der Waals surface area contributed by atoms with Crippen LogP contribution in [0.25, 0.3) is 5.69 Å². The average molecular weight is 468 g/mol. The molecule has 2 aromatic carbocycles. The summed E-state index contributed by atoms with van der Waals surface area (Å²) in [4.78, 5) is 2.21. The quantitative estimate of drug-likeness (QED) is 0.424. The van der Waals surface area contributed by atoms with E-state index in [1.165, 1.54) is 6.07 Å². The predicted octanol–water partition coefficient (Wildman–Crippen LogP) is 5.12. The van der Waals surface area contributed by atoms with Crippen LogP contribution in [0.2, 0.25) is 0 Å². The molecule has 0 bridgehead atoms. The van der Waals surface area contributed by atoms with Crippen LogP contribution < -0.4 is 4.74 Å². The molecule has 7 heteroatoms. The zero-order chi connectivity index (χ0) is 23.9. The fraction of sp³-hybridized carbons (Fsp3) is 0.444.